The summed E-state index contributed by atoms with van der Waals surface area (Å²) in [5.74, 6) is -1.40. The van der Waals surface area contributed by atoms with Crippen LogP contribution in [-0.2, 0) is 19.7 Å². The largest absolute Gasteiger partial charge is 0.494 e. The third-order valence-electron chi connectivity index (χ3n) is 7.35. The van der Waals surface area contributed by atoms with Crippen molar-refractivity contribution in [2.45, 2.75) is 50.5 Å². The second-order valence-electron chi connectivity index (χ2n) is 10.5. The Bertz CT molecular complexity index is 1480. The van der Waals surface area contributed by atoms with Crippen LogP contribution in [0.1, 0.15) is 50.8 Å². The predicted octanol–water partition coefficient (Wildman–Crippen LogP) is 4.71. The first kappa shape index (κ1) is 25.2. The lowest BCUT2D eigenvalue weighted by Crippen LogP contribution is -2.43. The number of halogens is 1. The highest BCUT2D eigenvalue weighted by atomic mass is 19.1. The van der Waals surface area contributed by atoms with Crippen molar-refractivity contribution in [2.75, 3.05) is 27.4 Å². The molecule has 1 saturated heterocycles. The smallest absolute Gasteiger partial charge is 0.335 e. The van der Waals surface area contributed by atoms with Gasteiger partial charge in [-0.25, -0.2) is 14.2 Å². The molecule has 1 aliphatic heterocycles. The quantitative estimate of drug-likeness (QED) is 0.370. The average Bonchev–Trinajstić information content (AvgIpc) is 3.45. The van der Waals surface area contributed by atoms with Crippen LogP contribution >= 0.6 is 0 Å². The molecule has 3 aromatic heterocycles. The summed E-state index contributed by atoms with van der Waals surface area (Å²) in [6, 6.07) is 6.78. The Labute approximate surface area is 213 Å². The number of methoxy groups -OCH3 is 2. The van der Waals surface area contributed by atoms with Gasteiger partial charge in [0, 0.05) is 46.8 Å². The Morgan fingerprint density at radius 1 is 1.35 bits per heavy atom. The number of rotatable bonds is 7. The van der Waals surface area contributed by atoms with Gasteiger partial charge in [-0.15, -0.1) is 0 Å². The molecule has 10 heteroatoms. The van der Waals surface area contributed by atoms with Crippen LogP contribution in [0.2, 0.25) is 0 Å². The van der Waals surface area contributed by atoms with Crippen LogP contribution in [0.25, 0.3) is 27.8 Å². The van der Waals surface area contributed by atoms with Crippen molar-refractivity contribution in [3.8, 4) is 11.4 Å². The summed E-state index contributed by atoms with van der Waals surface area (Å²) in [6.07, 6.45) is 2.68. The molecule has 0 aliphatic carbocycles. The molecule has 0 radical (unpaired) electrons. The third-order valence-corrected chi connectivity index (χ3v) is 7.35. The van der Waals surface area contributed by atoms with E-state index in [9.17, 15) is 14.3 Å². The van der Waals surface area contributed by atoms with E-state index < -0.39 is 22.8 Å². The van der Waals surface area contributed by atoms with Gasteiger partial charge in [-0.3, -0.25) is 5.10 Å². The maximum absolute atomic E-state index is 14.4. The average molecular weight is 511 g/mol. The summed E-state index contributed by atoms with van der Waals surface area (Å²) >= 11 is 0. The molecule has 1 aromatic carbocycles. The maximum atomic E-state index is 14.4. The highest BCUT2D eigenvalue weighted by Gasteiger charge is 2.42. The Morgan fingerprint density at radius 3 is 2.78 bits per heavy atom. The van der Waals surface area contributed by atoms with Gasteiger partial charge < -0.3 is 23.9 Å². The number of H-pyrrole nitrogens is 1. The van der Waals surface area contributed by atoms with E-state index in [0.717, 1.165) is 27.7 Å². The molecule has 5 rings (SSSR count). The molecule has 1 fully saturated rings. The number of aliphatic carboxylic acids is 1. The minimum absolute atomic E-state index is 0.113. The van der Waals surface area contributed by atoms with Gasteiger partial charge >= 0.3 is 5.97 Å². The van der Waals surface area contributed by atoms with Crippen LogP contribution in [0.5, 0.6) is 5.75 Å². The van der Waals surface area contributed by atoms with Crippen molar-refractivity contribution in [1.29, 1.82) is 0 Å². The van der Waals surface area contributed by atoms with E-state index >= 15 is 0 Å². The number of carboxylic acid groups (broad SMARTS) is 1. The molecule has 2 N–H and O–H groups in total. The molecule has 4 aromatic rings. The van der Waals surface area contributed by atoms with Crippen LogP contribution in [-0.4, -0.2) is 63.9 Å². The number of hydrogen-bond donors (Lipinski definition) is 2. The molecule has 196 valence electrons. The number of fused-ring (bicyclic) bond motifs is 2. The molecule has 37 heavy (non-hydrogen) atoms. The van der Waals surface area contributed by atoms with E-state index in [0.29, 0.717) is 30.8 Å². The van der Waals surface area contributed by atoms with E-state index in [2.05, 4.69) is 28.6 Å². The molecule has 0 spiro atoms. The monoisotopic (exact) mass is 510 g/mol. The normalized spacial score (nSPS) is 20.5. The number of pyridine rings is 1. The number of nitrogens with one attached hydrogen (secondary N) is 1. The first-order valence-corrected chi connectivity index (χ1v) is 12.2. The highest BCUT2D eigenvalue weighted by Crippen LogP contribution is 2.45. The van der Waals surface area contributed by atoms with Crippen molar-refractivity contribution >= 4 is 28.0 Å². The molecule has 2 atom stereocenters. The standard InChI is InChI=1S/C27H31FN4O5/c1-26(2,14-35-4)23-21(15-8-9-27(3,25(33)34)37-13-15)22-19(10-16-12-29-31-24(16)30-22)32(23)17-6-7-18(28)20(11-17)36-5/h6-7,10-12,15H,8-9,13-14H2,1-5H3,(H,33,34)(H,29,30,31)/t15?,27-/m0/s1. The second-order valence-corrected chi connectivity index (χ2v) is 10.5. The molecule has 1 aliphatic rings. The van der Waals surface area contributed by atoms with Gasteiger partial charge in [-0.05, 0) is 38.0 Å². The van der Waals surface area contributed by atoms with E-state index in [1.807, 2.05) is 6.07 Å². The summed E-state index contributed by atoms with van der Waals surface area (Å²) in [5, 5.41) is 17.6. The Balaban J connectivity index is 1.82. The molecule has 1 unspecified atom stereocenters. The zero-order chi connectivity index (χ0) is 26.5. The van der Waals surface area contributed by atoms with Crippen LogP contribution in [0.4, 0.5) is 4.39 Å². The number of benzene rings is 1. The maximum Gasteiger partial charge on any atom is 0.335 e. The molecule has 0 saturated carbocycles. The summed E-state index contributed by atoms with van der Waals surface area (Å²) in [5.41, 5.74) is 3.12. The predicted molar refractivity (Wildman–Crippen MR) is 136 cm³/mol. The van der Waals surface area contributed by atoms with Crippen LogP contribution in [0.3, 0.4) is 0 Å². The van der Waals surface area contributed by atoms with E-state index in [-0.39, 0.29) is 18.3 Å². The molecule has 0 amide bonds. The van der Waals surface area contributed by atoms with Crippen LogP contribution in [0.15, 0.2) is 30.5 Å². The van der Waals surface area contributed by atoms with Crippen molar-refractivity contribution in [3.05, 3.63) is 47.5 Å². The molecule has 4 heterocycles. The zero-order valence-electron chi connectivity index (χ0n) is 21.6. The number of carbonyl (C=O) groups is 1. The van der Waals surface area contributed by atoms with Crippen molar-refractivity contribution in [2.24, 2.45) is 0 Å². The summed E-state index contributed by atoms with van der Waals surface area (Å²) in [6.45, 7) is 6.43. The van der Waals surface area contributed by atoms with Crippen molar-refractivity contribution in [3.63, 3.8) is 0 Å². The fraction of sp³-hybridized carbons (Fsp3) is 0.444. The van der Waals surface area contributed by atoms with Gasteiger partial charge in [-0.1, -0.05) is 13.8 Å². The summed E-state index contributed by atoms with van der Waals surface area (Å²) in [7, 11) is 3.09. The summed E-state index contributed by atoms with van der Waals surface area (Å²) < 4.78 is 33.4. The van der Waals surface area contributed by atoms with Gasteiger partial charge in [0.1, 0.15) is 0 Å². The van der Waals surface area contributed by atoms with Gasteiger partial charge in [-0.2, -0.15) is 5.10 Å². The first-order chi connectivity index (χ1) is 17.6. The molecular formula is C27H31FN4O5. The van der Waals surface area contributed by atoms with Gasteiger partial charge in [0.2, 0.25) is 0 Å². The van der Waals surface area contributed by atoms with Crippen LogP contribution in [0, 0.1) is 5.82 Å². The minimum atomic E-state index is -1.23. The SMILES string of the molecule is COCC(C)(C)c1c(C2CC[C@@](C)(C(=O)O)OC2)c2nc3[nH]ncc3cc2n1-c1ccc(F)c(OC)c1. The molecule has 0 bridgehead atoms. The molecule has 9 nitrogen and oxygen atoms in total. The van der Waals surface area contributed by atoms with Crippen LogP contribution < -0.4 is 4.74 Å². The first-order valence-electron chi connectivity index (χ1n) is 12.2. The molecular weight excluding hydrogens is 479 g/mol. The van der Waals surface area contributed by atoms with Gasteiger partial charge in [0.05, 0.1) is 37.6 Å². The van der Waals surface area contributed by atoms with Gasteiger partial charge in [0.15, 0.2) is 22.8 Å². The topological polar surface area (TPSA) is 111 Å². The number of hydrogen-bond acceptors (Lipinski definition) is 6. The fourth-order valence-electron chi connectivity index (χ4n) is 5.42. The minimum Gasteiger partial charge on any atom is -0.494 e. The van der Waals surface area contributed by atoms with E-state index in [4.69, 9.17) is 19.2 Å². The Hall–Kier alpha value is -3.50. The van der Waals surface area contributed by atoms with E-state index in [1.54, 1.807) is 32.4 Å². The zero-order valence-corrected chi connectivity index (χ0v) is 21.6. The Kier molecular flexibility index (Phi) is 6.19. The lowest BCUT2D eigenvalue weighted by Gasteiger charge is -2.36. The second kappa shape index (κ2) is 9.11. The Morgan fingerprint density at radius 2 is 2.14 bits per heavy atom. The lowest BCUT2D eigenvalue weighted by atomic mass is 9.80. The lowest BCUT2D eigenvalue weighted by molar-refractivity contribution is -0.170. The number of aromatic amines is 1. The summed E-state index contributed by atoms with van der Waals surface area (Å²) in [4.78, 5) is 16.8. The number of aromatic nitrogens is 4. The van der Waals surface area contributed by atoms with E-state index in [1.165, 1.54) is 13.2 Å². The highest BCUT2D eigenvalue weighted by molar-refractivity contribution is 5.94. The fourth-order valence-corrected chi connectivity index (χ4v) is 5.42. The van der Waals surface area contributed by atoms with Crippen molar-refractivity contribution in [1.82, 2.24) is 19.7 Å². The van der Waals surface area contributed by atoms with Crippen molar-refractivity contribution < 1.29 is 28.5 Å². The number of nitrogens with zero attached hydrogens (tertiary/aromatic N) is 3. The van der Waals surface area contributed by atoms with Gasteiger partial charge in [0.25, 0.3) is 0 Å². The number of carboxylic acids is 1. The third kappa shape index (κ3) is 4.14. The number of ether oxygens (including phenoxy) is 3.